The molecule has 0 radical (unpaired) electrons. The fraction of sp³-hybridized carbons (Fsp3) is 0.375. The van der Waals surface area contributed by atoms with Crippen LogP contribution in [0.2, 0.25) is 0 Å². The molecule has 2 rings (SSSR count). The van der Waals surface area contributed by atoms with Crippen molar-refractivity contribution in [2.45, 2.75) is 51.8 Å². The average molecular weight is 411 g/mol. The summed E-state index contributed by atoms with van der Waals surface area (Å²) in [5, 5.41) is 5.38. The molecule has 2 amide bonds. The summed E-state index contributed by atoms with van der Waals surface area (Å²) < 4.78 is 5.23. The molecule has 0 heterocycles. The fourth-order valence-corrected chi connectivity index (χ4v) is 3.03. The topological polar surface area (TPSA) is 84.5 Å². The Morgan fingerprint density at radius 3 is 2.10 bits per heavy atom. The summed E-state index contributed by atoms with van der Waals surface area (Å²) in [6, 6.07) is 17.7. The van der Waals surface area contributed by atoms with E-state index in [2.05, 4.69) is 10.6 Å². The van der Waals surface area contributed by atoms with Crippen molar-refractivity contribution in [3.63, 3.8) is 0 Å². The molecular weight excluding hydrogens is 380 g/mol. The third kappa shape index (κ3) is 8.47. The van der Waals surface area contributed by atoms with Gasteiger partial charge in [0, 0.05) is 0 Å². The van der Waals surface area contributed by atoms with Crippen LogP contribution in [0.5, 0.6) is 0 Å². The van der Waals surface area contributed by atoms with E-state index in [1.165, 1.54) is 0 Å². The van der Waals surface area contributed by atoms with Gasteiger partial charge >= 0.3 is 6.09 Å². The minimum absolute atomic E-state index is 0.122. The van der Waals surface area contributed by atoms with Gasteiger partial charge in [-0.15, -0.1) is 0 Å². The molecule has 0 fully saturated rings. The largest absolute Gasteiger partial charge is 0.445 e. The van der Waals surface area contributed by atoms with E-state index in [9.17, 15) is 14.4 Å². The van der Waals surface area contributed by atoms with E-state index in [-0.39, 0.29) is 18.4 Å². The lowest BCUT2D eigenvalue weighted by Gasteiger charge is -2.22. The molecule has 0 saturated carbocycles. The predicted octanol–water partition coefficient (Wildman–Crippen LogP) is 3.64. The summed E-state index contributed by atoms with van der Waals surface area (Å²) in [6.45, 7) is 4.05. The molecule has 0 aliphatic carbocycles. The molecule has 0 unspecified atom stereocenters. The SMILES string of the molecule is CC(C)C[C@H](NC(=O)OCc1ccccc1)C(=O)N[C@H](C=O)CCc1ccccc1. The zero-order chi connectivity index (χ0) is 21.8. The molecule has 0 spiro atoms. The van der Waals surface area contributed by atoms with Crippen LogP contribution in [0.4, 0.5) is 4.79 Å². The number of aryl methyl sites for hydroxylation is 1. The maximum absolute atomic E-state index is 12.7. The molecule has 2 atom stereocenters. The summed E-state index contributed by atoms with van der Waals surface area (Å²) in [4.78, 5) is 36.4. The lowest BCUT2D eigenvalue weighted by molar-refractivity contribution is -0.126. The zero-order valence-corrected chi connectivity index (χ0v) is 17.5. The molecule has 6 heteroatoms. The van der Waals surface area contributed by atoms with Crippen molar-refractivity contribution >= 4 is 18.3 Å². The van der Waals surface area contributed by atoms with Crippen molar-refractivity contribution in [3.05, 3.63) is 71.8 Å². The van der Waals surface area contributed by atoms with Gasteiger partial charge in [-0.3, -0.25) is 4.79 Å². The van der Waals surface area contributed by atoms with Crippen molar-refractivity contribution in [3.8, 4) is 0 Å². The number of amides is 2. The zero-order valence-electron chi connectivity index (χ0n) is 17.5. The average Bonchev–Trinajstić information content (AvgIpc) is 2.75. The van der Waals surface area contributed by atoms with Crippen molar-refractivity contribution in [2.75, 3.05) is 0 Å². The number of nitrogens with one attached hydrogen (secondary N) is 2. The molecule has 0 bridgehead atoms. The van der Waals surface area contributed by atoms with Gasteiger partial charge in [0.25, 0.3) is 0 Å². The van der Waals surface area contributed by atoms with E-state index in [1.807, 2.05) is 74.5 Å². The van der Waals surface area contributed by atoms with Gasteiger partial charge in [-0.1, -0.05) is 74.5 Å². The lowest BCUT2D eigenvalue weighted by atomic mass is 10.0. The molecule has 0 aliphatic rings. The Morgan fingerprint density at radius 1 is 0.933 bits per heavy atom. The number of hydrogen-bond donors (Lipinski definition) is 2. The van der Waals surface area contributed by atoms with Gasteiger partial charge < -0.3 is 20.2 Å². The van der Waals surface area contributed by atoms with Crippen LogP contribution in [0.15, 0.2) is 60.7 Å². The van der Waals surface area contributed by atoms with Gasteiger partial charge in [0.2, 0.25) is 5.91 Å². The maximum Gasteiger partial charge on any atom is 0.408 e. The van der Waals surface area contributed by atoms with Crippen LogP contribution >= 0.6 is 0 Å². The van der Waals surface area contributed by atoms with E-state index >= 15 is 0 Å². The Kier molecular flexibility index (Phi) is 9.58. The van der Waals surface area contributed by atoms with Crippen LogP contribution in [-0.4, -0.2) is 30.4 Å². The maximum atomic E-state index is 12.7. The highest BCUT2D eigenvalue weighted by Gasteiger charge is 2.24. The van der Waals surface area contributed by atoms with E-state index in [4.69, 9.17) is 4.74 Å². The van der Waals surface area contributed by atoms with Gasteiger partial charge in [-0.25, -0.2) is 4.79 Å². The second-order valence-electron chi connectivity index (χ2n) is 7.66. The smallest absolute Gasteiger partial charge is 0.408 e. The summed E-state index contributed by atoms with van der Waals surface area (Å²) in [5.74, 6) is -0.209. The van der Waals surface area contributed by atoms with Gasteiger partial charge in [-0.2, -0.15) is 0 Å². The normalized spacial score (nSPS) is 12.6. The first kappa shape index (κ1) is 23.1. The molecule has 6 nitrogen and oxygen atoms in total. The highest BCUT2D eigenvalue weighted by atomic mass is 16.5. The standard InChI is InChI=1S/C24H30N2O4/c1-18(2)15-22(26-24(29)30-17-20-11-7-4-8-12-20)23(28)25-21(16-27)14-13-19-9-5-3-6-10-19/h3-12,16,18,21-22H,13-15,17H2,1-2H3,(H,25,28)(H,26,29)/t21-,22-/m0/s1. The molecule has 2 aromatic carbocycles. The monoisotopic (exact) mass is 410 g/mol. The van der Waals surface area contributed by atoms with Gasteiger partial charge in [-0.05, 0) is 36.3 Å². The summed E-state index contributed by atoms with van der Waals surface area (Å²) in [6.07, 6.45) is 1.68. The Morgan fingerprint density at radius 2 is 1.53 bits per heavy atom. The molecular formula is C24H30N2O4. The molecule has 0 aromatic heterocycles. The van der Waals surface area contributed by atoms with Crippen molar-refractivity contribution in [1.82, 2.24) is 10.6 Å². The molecule has 0 saturated heterocycles. The number of carbonyl (C=O) groups excluding carboxylic acids is 3. The number of ether oxygens (including phenoxy) is 1. The first-order valence-electron chi connectivity index (χ1n) is 10.2. The van der Waals surface area contributed by atoms with E-state index < -0.39 is 18.2 Å². The fourth-order valence-electron chi connectivity index (χ4n) is 3.03. The number of hydrogen-bond acceptors (Lipinski definition) is 4. The van der Waals surface area contributed by atoms with Crippen LogP contribution < -0.4 is 10.6 Å². The highest BCUT2D eigenvalue weighted by Crippen LogP contribution is 2.08. The lowest BCUT2D eigenvalue weighted by Crippen LogP contribution is -2.50. The molecule has 160 valence electrons. The van der Waals surface area contributed by atoms with E-state index in [0.29, 0.717) is 19.3 Å². The molecule has 30 heavy (non-hydrogen) atoms. The van der Waals surface area contributed by atoms with Crippen molar-refractivity contribution < 1.29 is 19.1 Å². The Hall–Kier alpha value is -3.15. The molecule has 2 N–H and O–H groups in total. The third-order valence-corrected chi connectivity index (χ3v) is 4.61. The van der Waals surface area contributed by atoms with Crippen LogP contribution in [0.3, 0.4) is 0 Å². The number of rotatable bonds is 11. The van der Waals surface area contributed by atoms with Gasteiger partial charge in [0.05, 0.1) is 6.04 Å². The third-order valence-electron chi connectivity index (χ3n) is 4.61. The van der Waals surface area contributed by atoms with Crippen LogP contribution in [0.25, 0.3) is 0 Å². The Labute approximate surface area is 178 Å². The minimum atomic E-state index is -0.771. The molecule has 0 aliphatic heterocycles. The summed E-state index contributed by atoms with van der Waals surface area (Å²) >= 11 is 0. The predicted molar refractivity (Wildman–Crippen MR) is 116 cm³/mol. The number of carbonyl (C=O) groups is 3. The van der Waals surface area contributed by atoms with Gasteiger partial charge in [0.1, 0.15) is 18.9 Å². The Bertz CT molecular complexity index is 793. The second kappa shape index (κ2) is 12.4. The number of benzene rings is 2. The summed E-state index contributed by atoms with van der Waals surface area (Å²) in [5.41, 5.74) is 1.96. The van der Waals surface area contributed by atoms with E-state index in [1.54, 1.807) is 0 Å². The van der Waals surface area contributed by atoms with Crippen LogP contribution in [0.1, 0.15) is 37.8 Å². The van der Waals surface area contributed by atoms with Crippen LogP contribution in [-0.2, 0) is 27.4 Å². The second-order valence-corrected chi connectivity index (χ2v) is 7.66. The van der Waals surface area contributed by atoms with E-state index in [0.717, 1.165) is 17.4 Å². The number of aldehydes is 1. The first-order chi connectivity index (χ1) is 14.5. The molecule has 2 aromatic rings. The minimum Gasteiger partial charge on any atom is -0.445 e. The first-order valence-corrected chi connectivity index (χ1v) is 10.2. The summed E-state index contributed by atoms with van der Waals surface area (Å²) in [7, 11) is 0. The Balaban J connectivity index is 1.89. The highest BCUT2D eigenvalue weighted by molar-refractivity contribution is 5.87. The van der Waals surface area contributed by atoms with Gasteiger partial charge in [0.15, 0.2) is 0 Å². The number of alkyl carbamates (subject to hydrolysis) is 1. The quantitative estimate of drug-likeness (QED) is 0.554. The van der Waals surface area contributed by atoms with Crippen molar-refractivity contribution in [2.24, 2.45) is 5.92 Å². The van der Waals surface area contributed by atoms with Crippen LogP contribution in [0, 0.1) is 5.92 Å². The van der Waals surface area contributed by atoms with Crippen molar-refractivity contribution in [1.29, 1.82) is 0 Å².